The van der Waals surface area contributed by atoms with Crippen molar-refractivity contribution in [3.05, 3.63) is 29.8 Å². The summed E-state index contributed by atoms with van der Waals surface area (Å²) in [6.45, 7) is 0.355. The third-order valence-electron chi connectivity index (χ3n) is 3.88. The van der Waals surface area contributed by atoms with E-state index in [0.29, 0.717) is 12.5 Å². The molecule has 1 aliphatic heterocycles. The van der Waals surface area contributed by atoms with Crippen LogP contribution in [-0.4, -0.2) is 67.5 Å². The number of carbonyl (C=O) groups excluding carboxylic acids is 1. The molecule has 0 saturated carbocycles. The summed E-state index contributed by atoms with van der Waals surface area (Å²) >= 11 is 0. The van der Waals surface area contributed by atoms with Crippen LogP contribution in [0.2, 0.25) is 0 Å². The fourth-order valence-corrected chi connectivity index (χ4v) is 3.97. The Kier molecular flexibility index (Phi) is 6.48. The molecule has 1 saturated heterocycles. The first-order valence-corrected chi connectivity index (χ1v) is 9.35. The van der Waals surface area contributed by atoms with Gasteiger partial charge in [0.05, 0.1) is 0 Å². The summed E-state index contributed by atoms with van der Waals surface area (Å²) in [5.74, 6) is -2.99. The van der Waals surface area contributed by atoms with Crippen molar-refractivity contribution in [3.63, 3.8) is 0 Å². The van der Waals surface area contributed by atoms with E-state index in [1.54, 1.807) is 0 Å². The van der Waals surface area contributed by atoms with Crippen molar-refractivity contribution in [2.24, 2.45) is 0 Å². The van der Waals surface area contributed by atoms with Gasteiger partial charge in [0.2, 0.25) is 10.0 Å². The van der Waals surface area contributed by atoms with Crippen LogP contribution in [0.3, 0.4) is 0 Å². The van der Waals surface area contributed by atoms with Gasteiger partial charge in [-0.25, -0.2) is 22.0 Å². The quantitative estimate of drug-likeness (QED) is 0.699. The highest BCUT2D eigenvalue weighted by Gasteiger charge is 2.32. The van der Waals surface area contributed by atoms with E-state index >= 15 is 0 Å². The number of carboxylic acid groups (broad SMARTS) is 1. The Morgan fingerprint density at radius 2 is 1.81 bits per heavy atom. The zero-order valence-electron chi connectivity index (χ0n) is 13.8. The molecule has 144 valence electrons. The van der Waals surface area contributed by atoms with Gasteiger partial charge in [-0.15, -0.1) is 0 Å². The number of urea groups is 1. The zero-order valence-corrected chi connectivity index (χ0v) is 14.6. The van der Waals surface area contributed by atoms with Crippen molar-refractivity contribution in [3.8, 4) is 0 Å². The molecule has 1 aromatic rings. The third-order valence-corrected chi connectivity index (χ3v) is 5.81. The molecule has 0 bridgehead atoms. The minimum Gasteiger partial charge on any atom is -0.481 e. The minimum absolute atomic E-state index is 0.0261. The molecule has 0 radical (unpaired) electrons. The van der Waals surface area contributed by atoms with Crippen molar-refractivity contribution in [2.45, 2.75) is 17.7 Å². The predicted octanol–water partition coefficient (Wildman–Crippen LogP) is 0.846. The van der Waals surface area contributed by atoms with Gasteiger partial charge in [-0.3, -0.25) is 4.79 Å². The number of amides is 2. The molecule has 0 aromatic heterocycles. The Bertz CT molecular complexity index is 779. The third kappa shape index (κ3) is 4.88. The van der Waals surface area contributed by atoms with Crippen LogP contribution in [-0.2, 0) is 14.8 Å². The molecule has 1 fully saturated rings. The zero-order chi connectivity index (χ0) is 19.3. The van der Waals surface area contributed by atoms with Crippen molar-refractivity contribution >= 4 is 22.0 Å². The molecule has 2 amide bonds. The number of carbonyl (C=O) groups is 2. The molecule has 2 N–H and O–H groups in total. The number of rotatable bonds is 6. The van der Waals surface area contributed by atoms with Gasteiger partial charge in [0, 0.05) is 45.2 Å². The average Bonchev–Trinajstić information content (AvgIpc) is 2.58. The van der Waals surface area contributed by atoms with Crippen LogP contribution in [0.5, 0.6) is 0 Å². The van der Waals surface area contributed by atoms with Crippen molar-refractivity contribution < 1.29 is 31.9 Å². The van der Waals surface area contributed by atoms with Gasteiger partial charge in [0.25, 0.3) is 0 Å². The average molecular weight is 391 g/mol. The second-order valence-corrected chi connectivity index (χ2v) is 7.60. The van der Waals surface area contributed by atoms with E-state index in [0.717, 1.165) is 16.4 Å². The lowest BCUT2D eigenvalue weighted by molar-refractivity contribution is -0.137. The molecule has 0 spiro atoms. The van der Waals surface area contributed by atoms with Crippen molar-refractivity contribution in [1.29, 1.82) is 0 Å². The van der Waals surface area contributed by atoms with Gasteiger partial charge in [-0.05, 0) is 18.6 Å². The first-order valence-electron chi connectivity index (χ1n) is 7.91. The Morgan fingerprint density at radius 3 is 2.38 bits per heavy atom. The molecule has 0 unspecified atom stereocenters. The van der Waals surface area contributed by atoms with Gasteiger partial charge in [-0.2, -0.15) is 4.31 Å². The minimum atomic E-state index is -4.12. The fourth-order valence-electron chi connectivity index (χ4n) is 2.50. The lowest BCUT2D eigenvalue weighted by Crippen LogP contribution is -2.53. The number of hydrogen-bond acceptors (Lipinski definition) is 4. The Labute approximate surface area is 149 Å². The Morgan fingerprint density at radius 1 is 1.15 bits per heavy atom. The second kappa shape index (κ2) is 8.41. The molecule has 2 rings (SSSR count). The van der Waals surface area contributed by atoms with Crippen LogP contribution in [0, 0.1) is 11.6 Å². The number of hydrogen-bond donors (Lipinski definition) is 2. The smallest absolute Gasteiger partial charge is 0.317 e. The summed E-state index contributed by atoms with van der Waals surface area (Å²) in [5.41, 5.74) is 0. The van der Waals surface area contributed by atoms with E-state index in [9.17, 15) is 26.8 Å². The first kappa shape index (κ1) is 20.0. The second-order valence-electron chi connectivity index (χ2n) is 5.70. The summed E-state index contributed by atoms with van der Waals surface area (Å²) < 4.78 is 52.7. The fraction of sp³-hybridized carbons (Fsp3) is 0.467. The van der Waals surface area contributed by atoms with Gasteiger partial charge < -0.3 is 15.3 Å². The summed E-state index contributed by atoms with van der Waals surface area (Å²) in [4.78, 5) is 23.2. The molecular weight excluding hydrogens is 372 g/mol. The van der Waals surface area contributed by atoms with Gasteiger partial charge in [-0.1, -0.05) is 0 Å². The number of carboxylic acids is 1. The molecule has 26 heavy (non-hydrogen) atoms. The predicted molar refractivity (Wildman–Crippen MR) is 87.0 cm³/mol. The summed E-state index contributed by atoms with van der Waals surface area (Å²) in [7, 11) is -4.12. The lowest BCUT2D eigenvalue weighted by atomic mass is 10.3. The number of halogens is 2. The molecular formula is C15H19F2N3O5S. The molecule has 11 heteroatoms. The maximum atomic E-state index is 13.8. The number of nitrogens with one attached hydrogen (secondary N) is 1. The van der Waals surface area contributed by atoms with E-state index < -0.39 is 38.6 Å². The number of piperazine rings is 1. The van der Waals surface area contributed by atoms with Gasteiger partial charge in [0.1, 0.15) is 16.5 Å². The van der Waals surface area contributed by atoms with E-state index in [1.807, 2.05) is 0 Å². The molecule has 0 atom stereocenters. The van der Waals surface area contributed by atoms with Crippen LogP contribution >= 0.6 is 0 Å². The van der Waals surface area contributed by atoms with Crippen LogP contribution in [0.1, 0.15) is 12.8 Å². The molecule has 1 aliphatic rings. The van der Waals surface area contributed by atoms with E-state index in [1.165, 1.54) is 4.90 Å². The van der Waals surface area contributed by atoms with Crippen LogP contribution in [0.15, 0.2) is 23.1 Å². The number of sulfonamides is 1. The molecule has 1 heterocycles. The highest BCUT2D eigenvalue weighted by molar-refractivity contribution is 7.89. The van der Waals surface area contributed by atoms with E-state index in [4.69, 9.17) is 5.11 Å². The van der Waals surface area contributed by atoms with E-state index in [-0.39, 0.29) is 39.1 Å². The maximum absolute atomic E-state index is 13.8. The maximum Gasteiger partial charge on any atom is 0.317 e. The van der Waals surface area contributed by atoms with Crippen molar-refractivity contribution in [2.75, 3.05) is 32.7 Å². The monoisotopic (exact) mass is 391 g/mol. The van der Waals surface area contributed by atoms with Crippen LogP contribution < -0.4 is 5.32 Å². The standard InChI is InChI=1S/C15H19F2N3O5S/c16-11-3-4-13(12(17)10-11)26(24,25)20-8-6-19(7-9-20)15(23)18-5-1-2-14(21)22/h3-4,10H,1-2,5-9H2,(H,18,23)(H,21,22). The van der Waals surface area contributed by atoms with E-state index in [2.05, 4.69) is 5.32 Å². The van der Waals surface area contributed by atoms with Gasteiger partial charge in [0.15, 0.2) is 0 Å². The lowest BCUT2D eigenvalue weighted by Gasteiger charge is -2.34. The Hall–Kier alpha value is -2.27. The molecule has 1 aromatic carbocycles. The van der Waals surface area contributed by atoms with Crippen LogP contribution in [0.25, 0.3) is 0 Å². The summed E-state index contributed by atoms with van der Waals surface area (Å²) in [6, 6.07) is 1.84. The Balaban J connectivity index is 1.91. The number of aliphatic carboxylic acids is 1. The number of nitrogens with zero attached hydrogens (tertiary/aromatic N) is 2. The van der Waals surface area contributed by atoms with Gasteiger partial charge >= 0.3 is 12.0 Å². The van der Waals surface area contributed by atoms with Crippen LogP contribution in [0.4, 0.5) is 13.6 Å². The van der Waals surface area contributed by atoms with Crippen molar-refractivity contribution in [1.82, 2.24) is 14.5 Å². The molecule has 0 aliphatic carbocycles. The SMILES string of the molecule is O=C(O)CCCNC(=O)N1CCN(S(=O)(=O)c2ccc(F)cc2F)CC1. The highest BCUT2D eigenvalue weighted by atomic mass is 32.2. The largest absolute Gasteiger partial charge is 0.481 e. The normalized spacial score (nSPS) is 15.7. The number of benzene rings is 1. The first-order chi connectivity index (χ1) is 12.2. The topological polar surface area (TPSA) is 107 Å². The molecule has 8 nitrogen and oxygen atoms in total. The summed E-state index contributed by atoms with van der Waals surface area (Å²) in [6.07, 6.45) is 0.231. The highest BCUT2D eigenvalue weighted by Crippen LogP contribution is 2.21. The summed E-state index contributed by atoms with van der Waals surface area (Å²) in [5, 5.41) is 11.1.